The van der Waals surface area contributed by atoms with Crippen molar-refractivity contribution in [1.82, 2.24) is 0 Å². The Labute approximate surface area is 153 Å². The van der Waals surface area contributed by atoms with Crippen LogP contribution in [0.1, 0.15) is 57.6 Å². The smallest absolute Gasteiger partial charge is 0.302 e. The monoisotopic (exact) mass is 394 g/mol. The molecule has 132 valence electrons. The average Bonchev–Trinajstić information content (AvgIpc) is 2.52. The fourth-order valence-electron chi connectivity index (χ4n) is 5.20. The normalized spacial score (nSPS) is 31.8. The van der Waals surface area contributed by atoms with Gasteiger partial charge in [-0.25, -0.2) is 0 Å². The Kier molecular flexibility index (Phi) is 4.71. The van der Waals surface area contributed by atoms with Crippen molar-refractivity contribution in [2.24, 2.45) is 11.3 Å². The van der Waals surface area contributed by atoms with Crippen LogP contribution in [0.15, 0.2) is 16.6 Å². The molecule has 4 heteroatoms. The van der Waals surface area contributed by atoms with Crippen molar-refractivity contribution in [2.45, 2.75) is 58.3 Å². The topological polar surface area (TPSA) is 35.5 Å². The van der Waals surface area contributed by atoms with Gasteiger partial charge in [-0.1, -0.05) is 20.3 Å². The lowest BCUT2D eigenvalue weighted by molar-refractivity contribution is -0.148. The Hall–Kier alpha value is -1.03. The van der Waals surface area contributed by atoms with Crippen LogP contribution in [0.4, 0.5) is 0 Å². The summed E-state index contributed by atoms with van der Waals surface area (Å²) in [6, 6.07) is 4.46. The van der Waals surface area contributed by atoms with E-state index >= 15 is 0 Å². The SMILES string of the molecule is COc1cc2c(cc1Br)CC[C@H]1[C@@](C)(COC(C)=O)CCC[C@]21C. The molecular weight excluding hydrogens is 368 g/mol. The second-order valence-electron chi connectivity index (χ2n) is 7.94. The number of aryl methyl sites for hydroxylation is 1. The van der Waals surface area contributed by atoms with E-state index in [1.807, 2.05) is 0 Å². The Bertz CT molecular complexity index is 657. The first-order valence-electron chi connectivity index (χ1n) is 8.80. The summed E-state index contributed by atoms with van der Waals surface area (Å²) in [5.74, 6) is 1.25. The zero-order valence-corrected chi connectivity index (χ0v) is 16.7. The van der Waals surface area contributed by atoms with E-state index in [9.17, 15) is 4.79 Å². The van der Waals surface area contributed by atoms with Crippen LogP contribution in [0.5, 0.6) is 5.75 Å². The highest BCUT2D eigenvalue weighted by molar-refractivity contribution is 9.10. The minimum absolute atomic E-state index is 0.0523. The molecule has 0 aliphatic heterocycles. The van der Waals surface area contributed by atoms with E-state index in [-0.39, 0.29) is 16.8 Å². The maximum atomic E-state index is 11.3. The Morgan fingerprint density at radius 2 is 2.08 bits per heavy atom. The van der Waals surface area contributed by atoms with Crippen molar-refractivity contribution in [3.8, 4) is 5.75 Å². The zero-order valence-electron chi connectivity index (χ0n) is 15.1. The van der Waals surface area contributed by atoms with E-state index in [1.165, 1.54) is 30.9 Å². The molecule has 2 aliphatic rings. The highest BCUT2D eigenvalue weighted by Gasteiger charge is 2.52. The van der Waals surface area contributed by atoms with Gasteiger partial charge in [0.15, 0.2) is 0 Å². The van der Waals surface area contributed by atoms with Gasteiger partial charge in [0.25, 0.3) is 0 Å². The maximum absolute atomic E-state index is 11.3. The minimum Gasteiger partial charge on any atom is -0.496 e. The largest absolute Gasteiger partial charge is 0.496 e. The Balaban J connectivity index is 2.01. The van der Waals surface area contributed by atoms with Gasteiger partial charge in [0.05, 0.1) is 18.2 Å². The van der Waals surface area contributed by atoms with Gasteiger partial charge in [-0.05, 0) is 76.2 Å². The van der Waals surface area contributed by atoms with Crippen LogP contribution in [-0.4, -0.2) is 19.7 Å². The molecule has 3 nitrogen and oxygen atoms in total. The number of methoxy groups -OCH3 is 1. The molecule has 0 unspecified atom stereocenters. The molecule has 2 aliphatic carbocycles. The summed E-state index contributed by atoms with van der Waals surface area (Å²) >= 11 is 3.62. The van der Waals surface area contributed by atoms with Crippen LogP contribution in [-0.2, 0) is 21.4 Å². The minimum atomic E-state index is -0.176. The third-order valence-corrected chi connectivity index (χ3v) is 6.97. The first kappa shape index (κ1) is 17.8. The second kappa shape index (κ2) is 6.36. The van der Waals surface area contributed by atoms with Gasteiger partial charge in [-0.15, -0.1) is 0 Å². The molecule has 1 aromatic carbocycles. The van der Waals surface area contributed by atoms with Crippen molar-refractivity contribution in [3.63, 3.8) is 0 Å². The number of ether oxygens (including phenoxy) is 2. The highest BCUT2D eigenvalue weighted by atomic mass is 79.9. The average molecular weight is 395 g/mol. The molecule has 0 radical (unpaired) electrons. The predicted octanol–water partition coefficient (Wildman–Crippen LogP) is 5.03. The van der Waals surface area contributed by atoms with Gasteiger partial charge in [0.2, 0.25) is 0 Å². The first-order valence-corrected chi connectivity index (χ1v) is 9.60. The summed E-state index contributed by atoms with van der Waals surface area (Å²) in [6.07, 6.45) is 5.71. The van der Waals surface area contributed by atoms with Crippen LogP contribution in [0.25, 0.3) is 0 Å². The molecular formula is C20H27BrO3. The number of esters is 1. The number of fused-ring (bicyclic) bond motifs is 3. The fourth-order valence-corrected chi connectivity index (χ4v) is 5.75. The summed E-state index contributed by atoms with van der Waals surface area (Å²) in [7, 11) is 1.72. The van der Waals surface area contributed by atoms with E-state index in [4.69, 9.17) is 9.47 Å². The third-order valence-electron chi connectivity index (χ3n) is 6.35. The van der Waals surface area contributed by atoms with E-state index in [2.05, 4.69) is 41.9 Å². The van der Waals surface area contributed by atoms with Gasteiger partial charge in [-0.3, -0.25) is 4.79 Å². The van der Waals surface area contributed by atoms with Gasteiger partial charge in [0.1, 0.15) is 5.75 Å². The van der Waals surface area contributed by atoms with Crippen LogP contribution in [0.3, 0.4) is 0 Å². The molecule has 0 heterocycles. The molecule has 1 aromatic rings. The van der Waals surface area contributed by atoms with Crippen LogP contribution < -0.4 is 4.74 Å². The molecule has 24 heavy (non-hydrogen) atoms. The number of benzene rings is 1. The molecule has 0 aromatic heterocycles. The molecule has 1 saturated carbocycles. The molecule has 0 saturated heterocycles. The number of rotatable bonds is 3. The molecule has 0 spiro atoms. The third kappa shape index (κ3) is 2.87. The number of hydrogen-bond acceptors (Lipinski definition) is 3. The standard InChI is InChI=1S/C20H27BrO3/c1-13(22)24-12-19(2)8-5-9-20(3)15-11-17(23-4)16(21)10-14(15)6-7-18(19)20/h10-11,18H,5-9,12H2,1-4H3/t18-,19+,20+/m0/s1. The van der Waals surface area contributed by atoms with Crippen molar-refractivity contribution in [3.05, 3.63) is 27.7 Å². The summed E-state index contributed by atoms with van der Waals surface area (Å²) < 4.78 is 12.0. The molecule has 0 amide bonds. The fraction of sp³-hybridized carbons (Fsp3) is 0.650. The Morgan fingerprint density at radius 3 is 2.75 bits per heavy atom. The number of hydrogen-bond donors (Lipinski definition) is 0. The number of carbonyl (C=O) groups is 1. The molecule has 0 N–H and O–H groups in total. The summed E-state index contributed by atoms with van der Waals surface area (Å²) in [5.41, 5.74) is 3.02. The number of carbonyl (C=O) groups excluding carboxylic acids is 1. The zero-order chi connectivity index (χ0) is 17.5. The van der Waals surface area contributed by atoms with E-state index < -0.39 is 0 Å². The van der Waals surface area contributed by atoms with Crippen molar-refractivity contribution in [1.29, 1.82) is 0 Å². The van der Waals surface area contributed by atoms with Crippen molar-refractivity contribution >= 4 is 21.9 Å². The van der Waals surface area contributed by atoms with E-state index in [0.717, 1.165) is 29.5 Å². The summed E-state index contributed by atoms with van der Waals surface area (Å²) in [6.45, 7) is 6.74. The van der Waals surface area contributed by atoms with Crippen LogP contribution in [0.2, 0.25) is 0 Å². The van der Waals surface area contributed by atoms with Gasteiger partial charge < -0.3 is 9.47 Å². The quantitative estimate of drug-likeness (QED) is 0.674. The van der Waals surface area contributed by atoms with Crippen LogP contribution >= 0.6 is 15.9 Å². The number of halogens is 1. The van der Waals surface area contributed by atoms with E-state index in [1.54, 1.807) is 7.11 Å². The van der Waals surface area contributed by atoms with Gasteiger partial charge >= 0.3 is 5.97 Å². The Morgan fingerprint density at radius 1 is 1.33 bits per heavy atom. The first-order chi connectivity index (χ1) is 11.3. The maximum Gasteiger partial charge on any atom is 0.302 e. The second-order valence-corrected chi connectivity index (χ2v) is 8.79. The van der Waals surface area contributed by atoms with Gasteiger partial charge in [-0.2, -0.15) is 0 Å². The molecule has 1 fully saturated rings. The lowest BCUT2D eigenvalue weighted by Crippen LogP contribution is -2.51. The molecule has 3 atom stereocenters. The van der Waals surface area contributed by atoms with Crippen LogP contribution in [0, 0.1) is 11.3 Å². The lowest BCUT2D eigenvalue weighted by Gasteiger charge is -2.55. The molecule has 0 bridgehead atoms. The predicted molar refractivity (Wildman–Crippen MR) is 98.4 cm³/mol. The lowest BCUT2D eigenvalue weighted by atomic mass is 9.50. The summed E-state index contributed by atoms with van der Waals surface area (Å²) in [4.78, 5) is 11.3. The van der Waals surface area contributed by atoms with Crippen molar-refractivity contribution in [2.75, 3.05) is 13.7 Å². The highest BCUT2D eigenvalue weighted by Crippen LogP contribution is 2.58. The summed E-state index contributed by atoms with van der Waals surface area (Å²) in [5, 5.41) is 0. The van der Waals surface area contributed by atoms with Crippen molar-refractivity contribution < 1.29 is 14.3 Å². The van der Waals surface area contributed by atoms with Gasteiger partial charge in [0, 0.05) is 12.3 Å². The molecule has 3 rings (SSSR count). The van der Waals surface area contributed by atoms with E-state index in [0.29, 0.717) is 12.5 Å².